The summed E-state index contributed by atoms with van der Waals surface area (Å²) in [6.07, 6.45) is 3.17. The fourth-order valence-electron chi connectivity index (χ4n) is 2.60. The third kappa shape index (κ3) is 3.31. The zero-order valence-corrected chi connectivity index (χ0v) is 14.1. The maximum absolute atomic E-state index is 6.27. The molecule has 0 amide bonds. The number of thiophene rings is 1. The van der Waals surface area contributed by atoms with Crippen LogP contribution in [0.3, 0.4) is 0 Å². The molecule has 1 heterocycles. The molecule has 1 aliphatic carbocycles. The van der Waals surface area contributed by atoms with Crippen molar-refractivity contribution < 1.29 is 4.74 Å². The number of anilines is 1. The molecule has 5 heteroatoms. The van der Waals surface area contributed by atoms with Crippen molar-refractivity contribution in [1.29, 1.82) is 0 Å². The van der Waals surface area contributed by atoms with Gasteiger partial charge in [-0.05, 0) is 49.1 Å². The van der Waals surface area contributed by atoms with Gasteiger partial charge in [0.1, 0.15) is 5.75 Å². The molecule has 0 radical (unpaired) electrons. The van der Waals surface area contributed by atoms with Crippen LogP contribution in [0, 0.1) is 0 Å². The summed E-state index contributed by atoms with van der Waals surface area (Å²) in [5.41, 5.74) is 2.34. The van der Waals surface area contributed by atoms with Crippen molar-refractivity contribution in [2.45, 2.75) is 32.2 Å². The smallest absolute Gasteiger partial charge is 0.138 e. The second-order valence-electron chi connectivity index (χ2n) is 5.16. The molecule has 1 aromatic heterocycles. The minimum absolute atomic E-state index is 0.322. The molecule has 1 aromatic carbocycles. The van der Waals surface area contributed by atoms with Gasteiger partial charge in [-0.15, -0.1) is 11.3 Å². The number of halogens is 2. The quantitative estimate of drug-likeness (QED) is 0.726. The summed E-state index contributed by atoms with van der Waals surface area (Å²) < 4.78 is 6.46. The SMILES string of the molecule is CCCOc1ccc(NC2CCc3sc(Cl)cc32)cc1Cl. The first-order valence-corrected chi connectivity index (χ1v) is 8.71. The van der Waals surface area contributed by atoms with Crippen molar-refractivity contribution in [1.82, 2.24) is 0 Å². The van der Waals surface area contributed by atoms with Gasteiger partial charge in [-0.25, -0.2) is 0 Å². The fourth-order valence-corrected chi connectivity index (χ4v) is 4.19. The van der Waals surface area contributed by atoms with E-state index in [0.717, 1.165) is 35.0 Å². The number of ether oxygens (including phenoxy) is 1. The molecule has 112 valence electrons. The molecule has 1 atom stereocenters. The summed E-state index contributed by atoms with van der Waals surface area (Å²) in [6.45, 7) is 2.76. The molecule has 0 spiro atoms. The first-order chi connectivity index (χ1) is 10.2. The lowest BCUT2D eigenvalue weighted by atomic mass is 10.1. The van der Waals surface area contributed by atoms with Crippen LogP contribution < -0.4 is 10.1 Å². The number of aryl methyl sites for hydroxylation is 1. The van der Waals surface area contributed by atoms with E-state index in [1.807, 2.05) is 18.2 Å². The third-order valence-electron chi connectivity index (χ3n) is 3.58. The van der Waals surface area contributed by atoms with Crippen LogP contribution in [-0.2, 0) is 6.42 Å². The lowest BCUT2D eigenvalue weighted by molar-refractivity contribution is 0.317. The molecule has 3 rings (SSSR count). The molecule has 0 fully saturated rings. The average molecular weight is 342 g/mol. The molecule has 1 N–H and O–H groups in total. The number of rotatable bonds is 5. The molecule has 2 aromatic rings. The van der Waals surface area contributed by atoms with Gasteiger partial charge < -0.3 is 10.1 Å². The number of nitrogens with one attached hydrogen (secondary N) is 1. The van der Waals surface area contributed by atoms with Crippen LogP contribution in [0.5, 0.6) is 5.75 Å². The van der Waals surface area contributed by atoms with Crippen molar-refractivity contribution in [2.24, 2.45) is 0 Å². The molecule has 21 heavy (non-hydrogen) atoms. The molecule has 0 bridgehead atoms. The maximum Gasteiger partial charge on any atom is 0.138 e. The Morgan fingerprint density at radius 2 is 2.19 bits per heavy atom. The van der Waals surface area contributed by atoms with E-state index in [4.69, 9.17) is 27.9 Å². The zero-order valence-electron chi connectivity index (χ0n) is 11.8. The van der Waals surface area contributed by atoms with Crippen LogP contribution in [0.25, 0.3) is 0 Å². The Morgan fingerprint density at radius 1 is 1.33 bits per heavy atom. The second kappa shape index (κ2) is 6.47. The van der Waals surface area contributed by atoms with Crippen molar-refractivity contribution in [2.75, 3.05) is 11.9 Å². The molecule has 0 saturated carbocycles. The Labute approximate surface area is 139 Å². The van der Waals surface area contributed by atoms with Gasteiger partial charge in [0.05, 0.1) is 22.0 Å². The third-order valence-corrected chi connectivity index (χ3v) is 5.22. The Balaban J connectivity index is 1.72. The van der Waals surface area contributed by atoms with Gasteiger partial charge in [-0.3, -0.25) is 0 Å². The summed E-state index contributed by atoms with van der Waals surface area (Å²) in [7, 11) is 0. The van der Waals surface area contributed by atoms with Crippen LogP contribution in [-0.4, -0.2) is 6.61 Å². The fraction of sp³-hybridized carbons (Fsp3) is 0.375. The highest BCUT2D eigenvalue weighted by atomic mass is 35.5. The van der Waals surface area contributed by atoms with Gasteiger partial charge >= 0.3 is 0 Å². The maximum atomic E-state index is 6.27. The van der Waals surface area contributed by atoms with E-state index >= 15 is 0 Å². The lowest BCUT2D eigenvalue weighted by Gasteiger charge is -2.16. The van der Waals surface area contributed by atoms with Crippen molar-refractivity contribution in [3.05, 3.63) is 44.1 Å². The normalized spacial score (nSPS) is 16.8. The van der Waals surface area contributed by atoms with Crippen LogP contribution in [0.15, 0.2) is 24.3 Å². The summed E-state index contributed by atoms with van der Waals surface area (Å²) in [4.78, 5) is 1.39. The van der Waals surface area contributed by atoms with Gasteiger partial charge in [0.15, 0.2) is 0 Å². The molecule has 1 unspecified atom stereocenters. The Bertz CT molecular complexity index is 641. The number of hydrogen-bond donors (Lipinski definition) is 1. The monoisotopic (exact) mass is 341 g/mol. The van der Waals surface area contributed by atoms with E-state index in [0.29, 0.717) is 17.7 Å². The van der Waals surface area contributed by atoms with Crippen LogP contribution >= 0.6 is 34.5 Å². The van der Waals surface area contributed by atoms with E-state index in [2.05, 4.69) is 18.3 Å². The molecule has 0 aliphatic heterocycles. The summed E-state index contributed by atoms with van der Waals surface area (Å²) in [5.74, 6) is 0.745. The van der Waals surface area contributed by atoms with Crippen LogP contribution in [0.2, 0.25) is 9.36 Å². The van der Waals surface area contributed by atoms with Gasteiger partial charge in [0.25, 0.3) is 0 Å². The number of hydrogen-bond acceptors (Lipinski definition) is 3. The Kier molecular flexibility index (Phi) is 4.63. The van der Waals surface area contributed by atoms with E-state index in [1.165, 1.54) is 10.4 Å². The molecule has 2 nitrogen and oxygen atoms in total. The molecular weight excluding hydrogens is 325 g/mol. The second-order valence-corrected chi connectivity index (χ2v) is 7.33. The Morgan fingerprint density at radius 3 is 2.95 bits per heavy atom. The van der Waals surface area contributed by atoms with Gasteiger partial charge in [0.2, 0.25) is 0 Å². The predicted molar refractivity (Wildman–Crippen MR) is 91.3 cm³/mol. The summed E-state index contributed by atoms with van der Waals surface area (Å²) in [5, 5.41) is 4.19. The standard InChI is InChI=1S/C16H17Cl2NOS/c1-2-7-20-14-5-3-10(8-12(14)17)19-13-4-6-15-11(13)9-16(18)21-15/h3,5,8-9,13,19H,2,4,6-7H2,1H3. The number of benzene rings is 1. The summed E-state index contributed by atoms with van der Waals surface area (Å²) >= 11 is 14.1. The largest absolute Gasteiger partial charge is 0.492 e. The van der Waals surface area contributed by atoms with E-state index in [9.17, 15) is 0 Å². The highest BCUT2D eigenvalue weighted by Gasteiger charge is 2.25. The average Bonchev–Trinajstić information content (AvgIpc) is 2.99. The first-order valence-electron chi connectivity index (χ1n) is 7.14. The van der Waals surface area contributed by atoms with E-state index in [1.54, 1.807) is 11.3 Å². The minimum Gasteiger partial charge on any atom is -0.492 e. The van der Waals surface area contributed by atoms with E-state index < -0.39 is 0 Å². The van der Waals surface area contributed by atoms with Crippen LogP contribution in [0.4, 0.5) is 5.69 Å². The lowest BCUT2D eigenvalue weighted by Crippen LogP contribution is -2.06. The van der Waals surface area contributed by atoms with Gasteiger partial charge in [-0.1, -0.05) is 30.1 Å². The molecular formula is C16H17Cl2NOS. The van der Waals surface area contributed by atoms with Gasteiger partial charge in [-0.2, -0.15) is 0 Å². The molecule has 0 saturated heterocycles. The highest BCUT2D eigenvalue weighted by molar-refractivity contribution is 7.16. The Hall–Kier alpha value is -0.900. The predicted octanol–water partition coefficient (Wildman–Crippen LogP) is 5.94. The van der Waals surface area contributed by atoms with E-state index in [-0.39, 0.29) is 0 Å². The first kappa shape index (κ1) is 15.0. The van der Waals surface area contributed by atoms with Crippen molar-refractivity contribution >= 4 is 40.2 Å². The van der Waals surface area contributed by atoms with Crippen LogP contribution in [0.1, 0.15) is 36.2 Å². The van der Waals surface area contributed by atoms with Gasteiger partial charge in [0, 0.05) is 10.6 Å². The minimum atomic E-state index is 0.322. The number of fused-ring (bicyclic) bond motifs is 1. The van der Waals surface area contributed by atoms with Crippen molar-refractivity contribution in [3.8, 4) is 5.75 Å². The highest BCUT2D eigenvalue weighted by Crippen LogP contribution is 2.41. The summed E-state index contributed by atoms with van der Waals surface area (Å²) in [6, 6.07) is 8.27. The topological polar surface area (TPSA) is 21.3 Å². The molecule has 1 aliphatic rings. The zero-order chi connectivity index (χ0) is 14.8. The van der Waals surface area contributed by atoms with Crippen molar-refractivity contribution in [3.63, 3.8) is 0 Å².